The van der Waals surface area contributed by atoms with Gasteiger partial charge >= 0.3 is 0 Å². The molecule has 0 aliphatic carbocycles. The largest absolute Gasteiger partial charge is 0.310 e. The Morgan fingerprint density at radius 3 is 2.94 bits per heavy atom. The molecule has 7 heteroatoms. The van der Waals surface area contributed by atoms with Crippen LogP contribution in [-0.4, -0.2) is 26.8 Å². The Balaban J connectivity index is 2.35. The van der Waals surface area contributed by atoms with Gasteiger partial charge in [0.25, 0.3) is 0 Å². The SMILES string of the molecule is CCNCc1nnnn1-c1cc(F)cc(Cl)c1. The van der Waals surface area contributed by atoms with Gasteiger partial charge in [-0.25, -0.2) is 4.39 Å². The molecule has 0 aliphatic rings. The second kappa shape index (κ2) is 5.20. The summed E-state index contributed by atoms with van der Waals surface area (Å²) in [5.74, 6) is 0.186. The van der Waals surface area contributed by atoms with Crippen molar-refractivity contribution in [2.24, 2.45) is 0 Å². The molecular weight excluding hydrogens is 245 g/mol. The number of nitrogens with one attached hydrogen (secondary N) is 1. The van der Waals surface area contributed by atoms with Gasteiger partial charge in [-0.1, -0.05) is 18.5 Å². The molecule has 0 bridgehead atoms. The van der Waals surface area contributed by atoms with Gasteiger partial charge in [0, 0.05) is 5.02 Å². The minimum absolute atomic E-state index is 0.310. The lowest BCUT2D eigenvalue weighted by atomic mass is 10.3. The highest BCUT2D eigenvalue weighted by Gasteiger charge is 2.09. The van der Waals surface area contributed by atoms with Crippen molar-refractivity contribution in [3.8, 4) is 5.69 Å². The molecule has 1 aromatic carbocycles. The van der Waals surface area contributed by atoms with E-state index >= 15 is 0 Å². The molecule has 1 N–H and O–H groups in total. The van der Waals surface area contributed by atoms with E-state index in [1.54, 1.807) is 6.07 Å². The molecule has 0 amide bonds. The molecule has 5 nitrogen and oxygen atoms in total. The van der Waals surface area contributed by atoms with E-state index in [0.717, 1.165) is 6.54 Å². The van der Waals surface area contributed by atoms with E-state index in [1.807, 2.05) is 6.92 Å². The van der Waals surface area contributed by atoms with Crippen LogP contribution in [-0.2, 0) is 6.54 Å². The summed E-state index contributed by atoms with van der Waals surface area (Å²) in [6.07, 6.45) is 0. The molecule has 0 aliphatic heterocycles. The zero-order valence-corrected chi connectivity index (χ0v) is 9.95. The number of hydrogen-bond donors (Lipinski definition) is 1. The van der Waals surface area contributed by atoms with E-state index in [1.165, 1.54) is 16.8 Å². The fourth-order valence-electron chi connectivity index (χ4n) is 1.41. The van der Waals surface area contributed by atoms with Crippen molar-refractivity contribution in [1.82, 2.24) is 25.5 Å². The van der Waals surface area contributed by atoms with Crippen LogP contribution in [0.15, 0.2) is 18.2 Å². The number of rotatable bonds is 4. The summed E-state index contributed by atoms with van der Waals surface area (Å²) in [6, 6.07) is 4.17. The maximum Gasteiger partial charge on any atom is 0.170 e. The van der Waals surface area contributed by atoms with Crippen LogP contribution < -0.4 is 5.32 Å². The molecule has 90 valence electrons. The number of halogens is 2. The molecule has 0 unspecified atom stereocenters. The highest BCUT2D eigenvalue weighted by molar-refractivity contribution is 6.30. The zero-order valence-electron chi connectivity index (χ0n) is 9.19. The third-order valence-electron chi connectivity index (χ3n) is 2.16. The fraction of sp³-hybridized carbons (Fsp3) is 0.300. The number of tetrazole rings is 1. The Hall–Kier alpha value is -1.53. The highest BCUT2D eigenvalue weighted by atomic mass is 35.5. The summed E-state index contributed by atoms with van der Waals surface area (Å²) in [6.45, 7) is 3.29. The van der Waals surface area contributed by atoms with Gasteiger partial charge in [-0.3, -0.25) is 0 Å². The van der Waals surface area contributed by atoms with Crippen molar-refractivity contribution < 1.29 is 4.39 Å². The van der Waals surface area contributed by atoms with Gasteiger partial charge in [0.2, 0.25) is 0 Å². The van der Waals surface area contributed by atoms with Crippen LogP contribution in [0.5, 0.6) is 0 Å². The van der Waals surface area contributed by atoms with E-state index in [0.29, 0.717) is 23.1 Å². The van der Waals surface area contributed by atoms with Crippen LogP contribution in [0.4, 0.5) is 4.39 Å². The Morgan fingerprint density at radius 1 is 1.41 bits per heavy atom. The lowest BCUT2D eigenvalue weighted by Gasteiger charge is -2.05. The second-order valence-electron chi connectivity index (χ2n) is 3.41. The van der Waals surface area contributed by atoms with Crippen molar-refractivity contribution >= 4 is 11.6 Å². The standard InChI is InChI=1S/C10H11ClFN5/c1-2-13-6-10-14-15-16-17(10)9-4-7(11)3-8(12)5-9/h3-5,13H,2,6H2,1H3. The summed E-state index contributed by atoms with van der Waals surface area (Å²) in [4.78, 5) is 0. The van der Waals surface area contributed by atoms with E-state index in [-0.39, 0.29) is 0 Å². The van der Waals surface area contributed by atoms with Gasteiger partial charge < -0.3 is 5.32 Å². The van der Waals surface area contributed by atoms with Crippen molar-refractivity contribution in [1.29, 1.82) is 0 Å². The summed E-state index contributed by atoms with van der Waals surface area (Å²) in [5.41, 5.74) is 0.507. The topological polar surface area (TPSA) is 55.6 Å². The molecule has 17 heavy (non-hydrogen) atoms. The predicted octanol–water partition coefficient (Wildman–Crippen LogP) is 1.56. The average molecular weight is 256 g/mol. The van der Waals surface area contributed by atoms with Crippen molar-refractivity contribution in [2.45, 2.75) is 13.5 Å². The maximum atomic E-state index is 13.2. The number of hydrogen-bond acceptors (Lipinski definition) is 4. The van der Waals surface area contributed by atoms with Crippen molar-refractivity contribution in [3.05, 3.63) is 34.9 Å². The maximum absolute atomic E-state index is 13.2. The van der Waals surface area contributed by atoms with Crippen molar-refractivity contribution in [2.75, 3.05) is 6.54 Å². The quantitative estimate of drug-likeness (QED) is 0.901. The lowest BCUT2D eigenvalue weighted by molar-refractivity contribution is 0.621. The smallest absolute Gasteiger partial charge is 0.170 e. The van der Waals surface area contributed by atoms with Gasteiger partial charge in [0.05, 0.1) is 12.2 Å². The molecular formula is C10H11ClFN5. The normalized spacial score (nSPS) is 10.8. The fourth-order valence-corrected chi connectivity index (χ4v) is 1.63. The molecule has 0 radical (unpaired) electrons. The van der Waals surface area contributed by atoms with Crippen LogP contribution in [0.25, 0.3) is 5.69 Å². The summed E-state index contributed by atoms with van der Waals surface area (Å²) >= 11 is 5.79. The minimum atomic E-state index is -0.419. The molecule has 0 saturated heterocycles. The minimum Gasteiger partial charge on any atom is -0.310 e. The Bertz CT molecular complexity index is 493. The first kappa shape index (κ1) is 11.9. The summed E-state index contributed by atoms with van der Waals surface area (Å²) < 4.78 is 14.7. The number of nitrogens with zero attached hydrogens (tertiary/aromatic N) is 4. The summed E-state index contributed by atoms with van der Waals surface area (Å²) in [7, 11) is 0. The molecule has 0 saturated carbocycles. The van der Waals surface area contributed by atoms with Crippen LogP contribution in [0.2, 0.25) is 5.02 Å². The Labute approximate surface area is 103 Å². The second-order valence-corrected chi connectivity index (χ2v) is 3.85. The molecule has 0 atom stereocenters. The van der Waals surface area contributed by atoms with Crippen LogP contribution in [0.3, 0.4) is 0 Å². The molecule has 2 aromatic rings. The van der Waals surface area contributed by atoms with E-state index < -0.39 is 5.82 Å². The summed E-state index contributed by atoms with van der Waals surface area (Å²) in [5, 5.41) is 14.7. The third-order valence-corrected chi connectivity index (χ3v) is 2.38. The van der Waals surface area contributed by atoms with Gasteiger partial charge in [0.1, 0.15) is 5.82 Å². The Kier molecular flexibility index (Phi) is 3.65. The Morgan fingerprint density at radius 2 is 2.24 bits per heavy atom. The first-order valence-electron chi connectivity index (χ1n) is 5.15. The third kappa shape index (κ3) is 2.78. The van der Waals surface area contributed by atoms with Crippen LogP contribution in [0, 0.1) is 5.82 Å². The van der Waals surface area contributed by atoms with Crippen LogP contribution in [0.1, 0.15) is 12.7 Å². The molecule has 0 spiro atoms. The van der Waals surface area contributed by atoms with Gasteiger partial charge in [-0.2, -0.15) is 4.68 Å². The average Bonchev–Trinajstić information content (AvgIpc) is 2.73. The van der Waals surface area contributed by atoms with E-state index in [9.17, 15) is 4.39 Å². The highest BCUT2D eigenvalue weighted by Crippen LogP contribution is 2.17. The molecule has 1 heterocycles. The van der Waals surface area contributed by atoms with Gasteiger partial charge in [-0.15, -0.1) is 5.10 Å². The zero-order chi connectivity index (χ0) is 12.3. The monoisotopic (exact) mass is 255 g/mol. The van der Waals surface area contributed by atoms with Gasteiger partial charge in [-0.05, 0) is 35.2 Å². The first-order valence-corrected chi connectivity index (χ1v) is 5.53. The molecule has 2 rings (SSSR count). The number of aromatic nitrogens is 4. The molecule has 1 aromatic heterocycles. The molecule has 0 fully saturated rings. The first-order chi connectivity index (χ1) is 8.20. The predicted molar refractivity (Wildman–Crippen MR) is 61.5 cm³/mol. The number of benzene rings is 1. The lowest BCUT2D eigenvalue weighted by Crippen LogP contribution is -2.16. The van der Waals surface area contributed by atoms with E-state index in [4.69, 9.17) is 11.6 Å². The van der Waals surface area contributed by atoms with Crippen molar-refractivity contribution in [3.63, 3.8) is 0 Å². The van der Waals surface area contributed by atoms with Gasteiger partial charge in [0.15, 0.2) is 5.82 Å². The van der Waals surface area contributed by atoms with E-state index in [2.05, 4.69) is 20.8 Å². The van der Waals surface area contributed by atoms with Crippen LogP contribution >= 0.6 is 11.6 Å².